The van der Waals surface area contributed by atoms with E-state index in [-0.39, 0.29) is 24.7 Å². The number of carboxylic acid groups (broad SMARTS) is 1. The van der Waals surface area contributed by atoms with Crippen molar-refractivity contribution in [1.29, 1.82) is 0 Å². The fourth-order valence-corrected chi connectivity index (χ4v) is 3.04. The minimum Gasteiger partial charge on any atom is -0.481 e. The van der Waals surface area contributed by atoms with Crippen molar-refractivity contribution in [2.24, 2.45) is 5.92 Å². The molecule has 0 saturated heterocycles. The third-order valence-electron chi connectivity index (χ3n) is 4.78. The van der Waals surface area contributed by atoms with E-state index < -0.39 is 17.5 Å². The lowest BCUT2D eigenvalue weighted by atomic mass is 9.99. The van der Waals surface area contributed by atoms with Gasteiger partial charge in [0.05, 0.1) is 11.1 Å². The summed E-state index contributed by atoms with van der Waals surface area (Å²) in [6, 6.07) is 4.13. The number of carbonyl (C=O) groups excluding carboxylic acids is 3. The number of aliphatic carboxylic acids is 1. The van der Waals surface area contributed by atoms with Gasteiger partial charge in [-0.1, -0.05) is 0 Å². The lowest BCUT2D eigenvalue weighted by Gasteiger charge is -2.25. The third-order valence-corrected chi connectivity index (χ3v) is 4.78. The van der Waals surface area contributed by atoms with Gasteiger partial charge in [0.2, 0.25) is 0 Å². The largest absolute Gasteiger partial charge is 0.481 e. The average molecular weight is 373 g/mol. The molecule has 1 heterocycles. The Kier molecular flexibility index (Phi) is 4.91. The van der Waals surface area contributed by atoms with E-state index >= 15 is 0 Å². The Morgan fingerprint density at radius 1 is 1.19 bits per heavy atom. The van der Waals surface area contributed by atoms with Crippen molar-refractivity contribution in [1.82, 2.24) is 10.2 Å². The molecule has 2 aliphatic rings. The molecule has 27 heavy (non-hydrogen) atoms. The molecule has 1 aromatic carbocycles. The normalized spacial score (nSPS) is 16.3. The first-order chi connectivity index (χ1) is 12.7. The Bertz CT molecular complexity index is 814. The second-order valence-electron chi connectivity index (χ2n) is 7.78. The molecule has 0 bridgehead atoms. The molecule has 1 fully saturated rings. The van der Waals surface area contributed by atoms with Gasteiger partial charge in [0.1, 0.15) is 0 Å². The maximum absolute atomic E-state index is 12.5. The van der Waals surface area contributed by atoms with Crippen LogP contribution in [0.2, 0.25) is 0 Å². The lowest BCUT2D eigenvalue weighted by Crippen LogP contribution is -2.45. The Balaban J connectivity index is 1.65. The van der Waals surface area contributed by atoms with Gasteiger partial charge < -0.3 is 15.7 Å². The molecular formula is C19H23N3O5. The van der Waals surface area contributed by atoms with E-state index in [1.54, 1.807) is 26.0 Å². The highest BCUT2D eigenvalue weighted by Gasteiger charge is 2.39. The van der Waals surface area contributed by atoms with E-state index in [1.165, 1.54) is 11.0 Å². The van der Waals surface area contributed by atoms with Crippen LogP contribution < -0.4 is 10.6 Å². The van der Waals surface area contributed by atoms with Gasteiger partial charge in [-0.3, -0.25) is 19.3 Å². The van der Waals surface area contributed by atoms with E-state index in [0.717, 1.165) is 12.8 Å². The van der Waals surface area contributed by atoms with E-state index in [9.17, 15) is 19.2 Å². The Morgan fingerprint density at radius 3 is 2.48 bits per heavy atom. The Morgan fingerprint density at radius 2 is 1.85 bits per heavy atom. The van der Waals surface area contributed by atoms with Crippen LogP contribution in [0, 0.1) is 5.92 Å². The molecule has 1 saturated carbocycles. The number of imide groups is 1. The first kappa shape index (κ1) is 18.9. The fourth-order valence-electron chi connectivity index (χ4n) is 3.04. The van der Waals surface area contributed by atoms with Gasteiger partial charge in [-0.15, -0.1) is 0 Å². The molecule has 3 N–H and O–H groups in total. The van der Waals surface area contributed by atoms with Crippen LogP contribution >= 0.6 is 0 Å². The molecular weight excluding hydrogens is 350 g/mol. The number of urea groups is 1. The molecule has 0 unspecified atom stereocenters. The summed E-state index contributed by atoms with van der Waals surface area (Å²) < 4.78 is 0. The van der Waals surface area contributed by atoms with Crippen molar-refractivity contribution in [2.75, 3.05) is 11.9 Å². The highest BCUT2D eigenvalue weighted by molar-refractivity contribution is 6.21. The van der Waals surface area contributed by atoms with Crippen molar-refractivity contribution in [3.63, 3.8) is 0 Å². The van der Waals surface area contributed by atoms with Gasteiger partial charge in [0, 0.05) is 24.2 Å². The Labute approximate surface area is 156 Å². The smallest absolute Gasteiger partial charge is 0.319 e. The fraction of sp³-hybridized carbons (Fsp3) is 0.474. The van der Waals surface area contributed by atoms with E-state index in [4.69, 9.17) is 5.11 Å². The molecule has 0 radical (unpaired) electrons. The molecule has 0 spiro atoms. The zero-order chi connectivity index (χ0) is 19.8. The number of carboxylic acids is 1. The van der Waals surface area contributed by atoms with Crippen LogP contribution in [0.4, 0.5) is 10.5 Å². The SMILES string of the molecule is CC(C)(CCC(=O)O)NC(=O)Nc1ccc2c(c1)C(=O)N(CC1CC1)C2=O. The zero-order valence-electron chi connectivity index (χ0n) is 15.4. The zero-order valence-corrected chi connectivity index (χ0v) is 15.4. The van der Waals surface area contributed by atoms with Crippen LogP contribution in [0.25, 0.3) is 0 Å². The molecule has 4 amide bonds. The molecule has 8 heteroatoms. The highest BCUT2D eigenvalue weighted by atomic mass is 16.4. The number of anilines is 1. The summed E-state index contributed by atoms with van der Waals surface area (Å²) >= 11 is 0. The predicted molar refractivity (Wildman–Crippen MR) is 97.6 cm³/mol. The monoisotopic (exact) mass is 373 g/mol. The van der Waals surface area contributed by atoms with Crippen LogP contribution in [0.5, 0.6) is 0 Å². The first-order valence-electron chi connectivity index (χ1n) is 8.97. The van der Waals surface area contributed by atoms with Gasteiger partial charge in [0.15, 0.2) is 0 Å². The Hall–Kier alpha value is -2.90. The van der Waals surface area contributed by atoms with E-state index in [2.05, 4.69) is 10.6 Å². The first-order valence-corrected chi connectivity index (χ1v) is 8.97. The van der Waals surface area contributed by atoms with Gasteiger partial charge in [-0.25, -0.2) is 4.79 Å². The van der Waals surface area contributed by atoms with Crippen molar-refractivity contribution >= 4 is 29.5 Å². The molecule has 0 atom stereocenters. The number of fused-ring (bicyclic) bond motifs is 1. The predicted octanol–water partition coefficient (Wildman–Crippen LogP) is 2.46. The summed E-state index contributed by atoms with van der Waals surface area (Å²) in [6.07, 6.45) is 2.30. The maximum atomic E-state index is 12.5. The molecule has 0 aromatic heterocycles. The van der Waals surface area contributed by atoms with Crippen molar-refractivity contribution in [3.8, 4) is 0 Å². The number of nitrogens with zero attached hydrogens (tertiary/aromatic N) is 1. The van der Waals surface area contributed by atoms with Crippen molar-refractivity contribution in [2.45, 2.75) is 45.1 Å². The number of hydrogen-bond acceptors (Lipinski definition) is 4. The van der Waals surface area contributed by atoms with Crippen LogP contribution in [0.3, 0.4) is 0 Å². The summed E-state index contributed by atoms with van der Waals surface area (Å²) in [5.41, 5.74) is 0.346. The summed E-state index contributed by atoms with van der Waals surface area (Å²) in [6.45, 7) is 3.92. The molecule has 1 aromatic rings. The molecule has 3 rings (SSSR count). The molecule has 1 aliphatic carbocycles. The van der Waals surface area contributed by atoms with Crippen molar-refractivity contribution < 1.29 is 24.3 Å². The maximum Gasteiger partial charge on any atom is 0.319 e. The summed E-state index contributed by atoms with van der Waals surface area (Å²) in [4.78, 5) is 49.1. The average Bonchev–Trinajstić information content (AvgIpc) is 3.36. The number of hydrogen-bond donors (Lipinski definition) is 3. The number of rotatable bonds is 7. The topological polar surface area (TPSA) is 116 Å². The lowest BCUT2D eigenvalue weighted by molar-refractivity contribution is -0.137. The summed E-state index contributed by atoms with van der Waals surface area (Å²) in [5.74, 6) is -1.13. The molecule has 8 nitrogen and oxygen atoms in total. The van der Waals surface area contributed by atoms with Crippen LogP contribution in [-0.2, 0) is 4.79 Å². The van der Waals surface area contributed by atoms with Crippen LogP contribution in [-0.4, -0.2) is 45.9 Å². The second kappa shape index (κ2) is 7.02. The molecule has 144 valence electrons. The minimum absolute atomic E-state index is 0.0560. The second-order valence-corrected chi connectivity index (χ2v) is 7.78. The van der Waals surface area contributed by atoms with E-state index in [0.29, 0.717) is 29.3 Å². The number of carbonyl (C=O) groups is 4. The van der Waals surface area contributed by atoms with Gasteiger partial charge >= 0.3 is 12.0 Å². The third kappa shape index (κ3) is 4.45. The van der Waals surface area contributed by atoms with Gasteiger partial charge in [-0.2, -0.15) is 0 Å². The number of benzene rings is 1. The van der Waals surface area contributed by atoms with Crippen LogP contribution in [0.1, 0.15) is 60.2 Å². The molecule has 1 aliphatic heterocycles. The summed E-state index contributed by atoms with van der Waals surface area (Å²) in [7, 11) is 0. The number of nitrogens with one attached hydrogen (secondary N) is 2. The van der Waals surface area contributed by atoms with Gasteiger partial charge in [-0.05, 0) is 57.2 Å². The highest BCUT2D eigenvalue weighted by Crippen LogP contribution is 2.33. The standard InChI is InChI=1S/C19H23N3O5/c1-19(2,8-7-15(23)24)21-18(27)20-12-5-6-13-14(9-12)17(26)22(16(13)25)10-11-3-4-11/h5-6,9,11H,3-4,7-8,10H2,1-2H3,(H,23,24)(H2,20,21,27). The van der Waals surface area contributed by atoms with Crippen LogP contribution in [0.15, 0.2) is 18.2 Å². The summed E-state index contributed by atoms with van der Waals surface area (Å²) in [5, 5.41) is 14.1. The van der Waals surface area contributed by atoms with E-state index in [1.807, 2.05) is 0 Å². The quantitative estimate of drug-likeness (QED) is 0.635. The van der Waals surface area contributed by atoms with Gasteiger partial charge in [0.25, 0.3) is 11.8 Å². The number of amides is 4. The minimum atomic E-state index is -0.928. The van der Waals surface area contributed by atoms with Crippen molar-refractivity contribution in [3.05, 3.63) is 29.3 Å².